The van der Waals surface area contributed by atoms with E-state index in [-0.39, 0.29) is 0 Å². The maximum absolute atomic E-state index is 5.33. The summed E-state index contributed by atoms with van der Waals surface area (Å²) in [7, 11) is 0. The topological polar surface area (TPSA) is 12.5 Å². The zero-order valence-electron chi connectivity index (χ0n) is 6.55. The van der Waals surface area contributed by atoms with Crippen LogP contribution in [-0.4, -0.2) is 12.2 Å². The van der Waals surface area contributed by atoms with Crippen molar-refractivity contribution in [3.05, 3.63) is 0 Å². The zero-order valence-corrected chi connectivity index (χ0v) is 6.55. The number of rotatable bonds is 3. The van der Waals surface area contributed by atoms with Gasteiger partial charge in [-0.2, -0.15) is 0 Å². The molecule has 0 radical (unpaired) electrons. The van der Waals surface area contributed by atoms with Crippen LogP contribution in [0.15, 0.2) is 0 Å². The number of hydrogen-bond acceptors (Lipinski definition) is 1. The maximum Gasteiger partial charge on any atom is 0.0864 e. The van der Waals surface area contributed by atoms with E-state index in [0.717, 1.165) is 5.92 Å². The summed E-state index contributed by atoms with van der Waals surface area (Å²) in [4.78, 5) is 0. The molecule has 1 aliphatic rings. The second-order valence-electron chi connectivity index (χ2n) is 3.07. The smallest absolute Gasteiger partial charge is 0.0864 e. The van der Waals surface area contributed by atoms with E-state index in [0.29, 0.717) is 12.2 Å². The first-order chi connectivity index (χ1) is 4.25. The second-order valence-corrected chi connectivity index (χ2v) is 3.07. The summed E-state index contributed by atoms with van der Waals surface area (Å²) >= 11 is 0. The number of epoxide rings is 1. The van der Waals surface area contributed by atoms with Crippen LogP contribution >= 0.6 is 0 Å². The van der Waals surface area contributed by atoms with E-state index in [4.69, 9.17) is 4.74 Å². The van der Waals surface area contributed by atoms with E-state index in [9.17, 15) is 0 Å². The summed E-state index contributed by atoms with van der Waals surface area (Å²) < 4.78 is 5.33. The van der Waals surface area contributed by atoms with Crippen LogP contribution in [0.25, 0.3) is 0 Å². The third-order valence-corrected chi connectivity index (χ3v) is 2.06. The largest absolute Gasteiger partial charge is 0.370 e. The number of hydrogen-bond donors (Lipinski definition) is 0. The second kappa shape index (κ2) is 2.70. The lowest BCUT2D eigenvalue weighted by Crippen LogP contribution is -2.04. The molecule has 0 N–H and O–H groups in total. The monoisotopic (exact) mass is 128 g/mol. The van der Waals surface area contributed by atoms with Crippen LogP contribution < -0.4 is 0 Å². The molecular formula is C8H16O. The van der Waals surface area contributed by atoms with Crippen molar-refractivity contribution in [3.63, 3.8) is 0 Å². The molecule has 0 amide bonds. The maximum atomic E-state index is 5.33. The van der Waals surface area contributed by atoms with Crippen molar-refractivity contribution in [3.8, 4) is 0 Å². The Hall–Kier alpha value is -0.0400. The first kappa shape index (κ1) is 7.07. The molecule has 2 unspecified atom stereocenters. The van der Waals surface area contributed by atoms with Crippen LogP contribution in [-0.2, 0) is 4.74 Å². The van der Waals surface area contributed by atoms with Crippen molar-refractivity contribution >= 4 is 0 Å². The third kappa shape index (κ3) is 1.68. The Labute approximate surface area is 57.4 Å². The molecule has 1 fully saturated rings. The molecule has 0 aliphatic carbocycles. The molecule has 0 spiro atoms. The van der Waals surface area contributed by atoms with Gasteiger partial charge in [0.05, 0.1) is 12.2 Å². The highest BCUT2D eigenvalue weighted by Crippen LogP contribution is 2.30. The average molecular weight is 128 g/mol. The van der Waals surface area contributed by atoms with Crippen molar-refractivity contribution < 1.29 is 4.74 Å². The van der Waals surface area contributed by atoms with E-state index in [1.165, 1.54) is 12.8 Å². The van der Waals surface area contributed by atoms with Crippen LogP contribution in [0, 0.1) is 5.92 Å². The molecule has 54 valence electrons. The van der Waals surface area contributed by atoms with E-state index in [1.807, 2.05) is 0 Å². The molecule has 1 heteroatoms. The fourth-order valence-electron chi connectivity index (χ4n) is 1.42. The van der Waals surface area contributed by atoms with Crippen molar-refractivity contribution in [2.24, 2.45) is 5.92 Å². The summed E-state index contributed by atoms with van der Waals surface area (Å²) in [6, 6.07) is 0. The van der Waals surface area contributed by atoms with Gasteiger partial charge in [0.2, 0.25) is 0 Å². The molecule has 0 aromatic rings. The lowest BCUT2D eigenvalue weighted by atomic mass is 10.0. The molecule has 0 saturated carbocycles. The Bertz CT molecular complexity index is 90.6. The minimum Gasteiger partial charge on any atom is -0.370 e. The van der Waals surface area contributed by atoms with Gasteiger partial charge in [-0.15, -0.1) is 0 Å². The van der Waals surface area contributed by atoms with E-state index >= 15 is 0 Å². The molecule has 1 nitrogen and oxygen atoms in total. The van der Waals surface area contributed by atoms with Gasteiger partial charge in [-0.1, -0.05) is 20.3 Å². The molecular weight excluding hydrogens is 112 g/mol. The standard InChI is InChI=1S/C8H16O/c1-4-5-6(2)8-7(3)9-8/h6-8H,4-5H2,1-3H3/t6-,7?,8?/m1/s1. The quantitative estimate of drug-likeness (QED) is 0.531. The van der Waals surface area contributed by atoms with Crippen LogP contribution in [0.2, 0.25) is 0 Å². The summed E-state index contributed by atoms with van der Waals surface area (Å²) in [6.45, 7) is 6.65. The molecule has 3 atom stereocenters. The Morgan fingerprint density at radius 2 is 2.11 bits per heavy atom. The Morgan fingerprint density at radius 1 is 1.56 bits per heavy atom. The normalized spacial score (nSPS) is 36.3. The van der Waals surface area contributed by atoms with Crippen LogP contribution in [0.5, 0.6) is 0 Å². The predicted molar refractivity (Wildman–Crippen MR) is 38.4 cm³/mol. The lowest BCUT2D eigenvalue weighted by Gasteiger charge is -2.03. The summed E-state index contributed by atoms with van der Waals surface area (Å²) in [5.74, 6) is 0.782. The summed E-state index contributed by atoms with van der Waals surface area (Å²) in [5.41, 5.74) is 0. The van der Waals surface area contributed by atoms with E-state index in [1.54, 1.807) is 0 Å². The highest BCUT2D eigenvalue weighted by Gasteiger charge is 2.37. The Morgan fingerprint density at radius 3 is 2.44 bits per heavy atom. The molecule has 0 bridgehead atoms. The molecule has 1 rings (SSSR count). The van der Waals surface area contributed by atoms with E-state index < -0.39 is 0 Å². The van der Waals surface area contributed by atoms with Gasteiger partial charge in [0.25, 0.3) is 0 Å². The third-order valence-electron chi connectivity index (χ3n) is 2.06. The van der Waals surface area contributed by atoms with Crippen LogP contribution in [0.1, 0.15) is 33.6 Å². The fourth-order valence-corrected chi connectivity index (χ4v) is 1.42. The summed E-state index contributed by atoms with van der Waals surface area (Å²) in [5, 5.41) is 0. The molecule has 1 aliphatic heterocycles. The predicted octanol–water partition coefficient (Wildman–Crippen LogP) is 2.21. The van der Waals surface area contributed by atoms with Gasteiger partial charge in [-0.25, -0.2) is 0 Å². The van der Waals surface area contributed by atoms with Crippen molar-refractivity contribution in [2.75, 3.05) is 0 Å². The molecule has 0 aromatic heterocycles. The van der Waals surface area contributed by atoms with Crippen molar-refractivity contribution in [1.82, 2.24) is 0 Å². The van der Waals surface area contributed by atoms with Gasteiger partial charge in [0.1, 0.15) is 0 Å². The van der Waals surface area contributed by atoms with Crippen molar-refractivity contribution in [1.29, 1.82) is 0 Å². The van der Waals surface area contributed by atoms with Gasteiger partial charge in [-0.3, -0.25) is 0 Å². The summed E-state index contributed by atoms with van der Waals surface area (Å²) in [6.07, 6.45) is 3.74. The van der Waals surface area contributed by atoms with Gasteiger partial charge < -0.3 is 4.74 Å². The first-order valence-corrected chi connectivity index (χ1v) is 3.91. The lowest BCUT2D eigenvalue weighted by molar-refractivity contribution is 0.319. The zero-order chi connectivity index (χ0) is 6.85. The molecule has 9 heavy (non-hydrogen) atoms. The number of ether oxygens (including phenoxy) is 1. The van der Waals surface area contributed by atoms with Gasteiger partial charge in [-0.05, 0) is 19.3 Å². The highest BCUT2D eigenvalue weighted by molar-refractivity contribution is 4.84. The van der Waals surface area contributed by atoms with E-state index in [2.05, 4.69) is 20.8 Å². The fraction of sp³-hybridized carbons (Fsp3) is 1.00. The highest BCUT2D eigenvalue weighted by atomic mass is 16.6. The Balaban J connectivity index is 2.11. The van der Waals surface area contributed by atoms with Gasteiger partial charge in [0, 0.05) is 0 Å². The van der Waals surface area contributed by atoms with Crippen molar-refractivity contribution in [2.45, 2.75) is 45.8 Å². The molecule has 1 saturated heterocycles. The molecule has 1 heterocycles. The SMILES string of the molecule is CCC[C@@H](C)C1OC1C. The van der Waals surface area contributed by atoms with Gasteiger partial charge in [0.15, 0.2) is 0 Å². The minimum absolute atomic E-state index is 0.548. The minimum atomic E-state index is 0.548. The molecule has 0 aromatic carbocycles. The Kier molecular flexibility index (Phi) is 2.12. The van der Waals surface area contributed by atoms with Crippen LogP contribution in [0.3, 0.4) is 0 Å². The van der Waals surface area contributed by atoms with Crippen LogP contribution in [0.4, 0.5) is 0 Å². The average Bonchev–Trinajstić information content (AvgIpc) is 2.47. The van der Waals surface area contributed by atoms with Gasteiger partial charge >= 0.3 is 0 Å². The first-order valence-electron chi connectivity index (χ1n) is 3.91.